The van der Waals surface area contributed by atoms with E-state index in [4.69, 9.17) is 23.7 Å². The fourth-order valence-corrected chi connectivity index (χ4v) is 9.39. The molecule has 1 amide bonds. The highest BCUT2D eigenvalue weighted by Crippen LogP contribution is 2.45. The molecule has 3 fully saturated rings. The number of likely N-dealkylation sites (tertiary alicyclic amines) is 1. The molecule has 0 saturated carbocycles. The van der Waals surface area contributed by atoms with E-state index in [1.54, 1.807) is 7.11 Å². The number of amides is 1. The molecule has 10 atom stereocenters. The summed E-state index contributed by atoms with van der Waals surface area (Å²) in [5, 5.41) is 15.1. The first-order valence-corrected chi connectivity index (χ1v) is 20.7. The SMILES string of the molecule is CCC[C@@H]1C[C@@H](C(=O)N[C@@H]([C@@H]2O[C@H](SC)[C@H](O)[C@@H]3O[C@H](c4ccc(OC)cc4)O[C@H]32)[C@H](C)OC(c2ccccc2)(c2ccccc2)c2ccccc2)N(C)C1. The predicted molar refractivity (Wildman–Crippen MR) is 215 cm³/mol. The molecular weight excluding hydrogens is 713 g/mol. The van der Waals surface area contributed by atoms with Gasteiger partial charge in [0.2, 0.25) is 5.91 Å². The van der Waals surface area contributed by atoms with Crippen LogP contribution in [0.3, 0.4) is 0 Å². The Morgan fingerprint density at radius 2 is 1.45 bits per heavy atom. The van der Waals surface area contributed by atoms with Crippen molar-refractivity contribution in [2.24, 2.45) is 5.92 Å². The highest BCUT2D eigenvalue weighted by Gasteiger charge is 2.56. The molecule has 0 radical (unpaired) electrons. The number of carbonyl (C=O) groups excluding carboxylic acids is 1. The molecule has 2 N–H and O–H groups in total. The maximum absolute atomic E-state index is 14.6. The Balaban J connectivity index is 1.31. The Hall–Kier alpha value is -3.74. The zero-order chi connectivity index (χ0) is 38.5. The lowest BCUT2D eigenvalue weighted by molar-refractivity contribution is -0.185. The third kappa shape index (κ3) is 8.09. The number of aliphatic hydroxyl groups excluding tert-OH is 1. The van der Waals surface area contributed by atoms with Gasteiger partial charge in [0.1, 0.15) is 41.2 Å². The van der Waals surface area contributed by atoms with E-state index in [9.17, 15) is 9.90 Å². The summed E-state index contributed by atoms with van der Waals surface area (Å²) in [6.07, 6.45) is 0.265. The average molecular weight is 767 g/mol. The largest absolute Gasteiger partial charge is 0.497 e. The molecule has 0 bridgehead atoms. The van der Waals surface area contributed by atoms with Crippen molar-refractivity contribution in [1.29, 1.82) is 0 Å². The van der Waals surface area contributed by atoms with Crippen LogP contribution in [0.1, 0.15) is 61.7 Å². The molecule has 0 spiro atoms. The van der Waals surface area contributed by atoms with Crippen LogP contribution < -0.4 is 10.1 Å². The Morgan fingerprint density at radius 3 is 1.98 bits per heavy atom. The number of thioether (sulfide) groups is 1. The number of nitrogens with one attached hydrogen (secondary N) is 1. The Morgan fingerprint density at radius 1 is 0.891 bits per heavy atom. The summed E-state index contributed by atoms with van der Waals surface area (Å²) in [6.45, 7) is 5.06. The zero-order valence-corrected chi connectivity index (χ0v) is 33.1. The number of ether oxygens (including phenoxy) is 5. The van der Waals surface area contributed by atoms with Crippen LogP contribution in [0.5, 0.6) is 5.75 Å². The average Bonchev–Trinajstić information content (AvgIpc) is 3.85. The van der Waals surface area contributed by atoms with Gasteiger partial charge in [-0.3, -0.25) is 9.69 Å². The number of hydrogen-bond acceptors (Lipinski definition) is 9. The summed E-state index contributed by atoms with van der Waals surface area (Å²) in [4.78, 5) is 16.8. The van der Waals surface area contributed by atoms with Crippen LogP contribution in [0.15, 0.2) is 115 Å². The van der Waals surface area contributed by atoms with E-state index in [0.717, 1.165) is 48.1 Å². The first kappa shape index (κ1) is 39.5. The van der Waals surface area contributed by atoms with Gasteiger partial charge < -0.3 is 34.1 Å². The zero-order valence-electron chi connectivity index (χ0n) is 32.3. The van der Waals surface area contributed by atoms with E-state index in [0.29, 0.717) is 11.7 Å². The van der Waals surface area contributed by atoms with Crippen molar-refractivity contribution >= 4 is 17.7 Å². The van der Waals surface area contributed by atoms with E-state index >= 15 is 0 Å². The van der Waals surface area contributed by atoms with Gasteiger partial charge in [-0.25, -0.2) is 0 Å². The summed E-state index contributed by atoms with van der Waals surface area (Å²) in [7, 11) is 3.65. The van der Waals surface area contributed by atoms with Gasteiger partial charge in [0.15, 0.2) is 6.29 Å². The lowest BCUT2D eigenvalue weighted by atomic mass is 9.79. The minimum atomic E-state index is -1.06. The molecule has 4 aromatic rings. The maximum atomic E-state index is 14.6. The van der Waals surface area contributed by atoms with Gasteiger partial charge in [0.25, 0.3) is 0 Å². The van der Waals surface area contributed by atoms with Crippen molar-refractivity contribution in [3.8, 4) is 5.75 Å². The number of methoxy groups -OCH3 is 1. The number of nitrogens with zero attached hydrogens (tertiary/aromatic N) is 1. The number of aliphatic hydroxyl groups is 1. The summed E-state index contributed by atoms with van der Waals surface area (Å²) >= 11 is 1.41. The molecule has 0 unspecified atom stereocenters. The van der Waals surface area contributed by atoms with Crippen LogP contribution in [0, 0.1) is 5.92 Å². The minimum Gasteiger partial charge on any atom is -0.497 e. The van der Waals surface area contributed by atoms with Crippen molar-refractivity contribution in [2.45, 2.75) is 93.0 Å². The molecular formula is C45H54N2O7S. The van der Waals surface area contributed by atoms with E-state index < -0.39 is 53.9 Å². The van der Waals surface area contributed by atoms with Gasteiger partial charge in [-0.15, -0.1) is 11.8 Å². The first-order chi connectivity index (χ1) is 26.8. The third-order valence-corrected chi connectivity index (χ3v) is 12.3. The molecule has 55 heavy (non-hydrogen) atoms. The van der Waals surface area contributed by atoms with Crippen LogP contribution in [-0.4, -0.2) is 90.9 Å². The van der Waals surface area contributed by atoms with Gasteiger partial charge >= 0.3 is 0 Å². The van der Waals surface area contributed by atoms with E-state index in [2.05, 4.69) is 53.5 Å². The van der Waals surface area contributed by atoms with Crippen LogP contribution in [0.25, 0.3) is 0 Å². The molecule has 3 saturated heterocycles. The Kier molecular flexibility index (Phi) is 12.6. The monoisotopic (exact) mass is 766 g/mol. The number of fused-ring (bicyclic) bond motifs is 1. The van der Waals surface area contributed by atoms with Crippen molar-refractivity contribution in [3.63, 3.8) is 0 Å². The molecule has 0 aromatic heterocycles. The van der Waals surface area contributed by atoms with Crippen LogP contribution in [0.2, 0.25) is 0 Å². The van der Waals surface area contributed by atoms with Gasteiger partial charge in [0, 0.05) is 12.1 Å². The normalized spacial score (nSPS) is 28.0. The van der Waals surface area contributed by atoms with E-state index in [1.807, 2.05) is 99.1 Å². The lowest BCUT2D eigenvalue weighted by Crippen LogP contribution is -2.65. The van der Waals surface area contributed by atoms with Crippen molar-refractivity contribution in [3.05, 3.63) is 138 Å². The first-order valence-electron chi connectivity index (χ1n) is 19.4. The predicted octanol–water partition coefficient (Wildman–Crippen LogP) is 6.93. The molecule has 10 heteroatoms. The maximum Gasteiger partial charge on any atom is 0.237 e. The van der Waals surface area contributed by atoms with Crippen molar-refractivity contribution in [2.75, 3.05) is 27.0 Å². The fourth-order valence-electron chi connectivity index (χ4n) is 8.71. The summed E-state index contributed by atoms with van der Waals surface area (Å²) in [5.41, 5.74) is 1.93. The number of likely N-dealkylation sites (N-methyl/N-ethyl adjacent to an activating group) is 1. The molecule has 0 aliphatic carbocycles. The second-order valence-corrected chi connectivity index (χ2v) is 15.9. The third-order valence-electron chi connectivity index (χ3n) is 11.4. The number of carbonyl (C=O) groups is 1. The quantitative estimate of drug-likeness (QED) is 0.133. The second-order valence-electron chi connectivity index (χ2n) is 15.0. The van der Waals surface area contributed by atoms with Crippen molar-refractivity contribution < 1.29 is 33.6 Å². The highest BCUT2D eigenvalue weighted by atomic mass is 32.2. The Bertz CT molecular complexity index is 1720. The van der Waals surface area contributed by atoms with Gasteiger partial charge in [-0.2, -0.15) is 0 Å². The van der Waals surface area contributed by atoms with Gasteiger partial charge in [-0.05, 0) is 67.8 Å². The van der Waals surface area contributed by atoms with Crippen molar-refractivity contribution in [1.82, 2.24) is 10.2 Å². The Labute approximate surface area is 329 Å². The van der Waals surface area contributed by atoms with Crippen LogP contribution in [-0.2, 0) is 29.3 Å². The number of benzene rings is 4. The minimum absolute atomic E-state index is 0.0797. The molecule has 9 nitrogen and oxygen atoms in total. The van der Waals surface area contributed by atoms with E-state index in [1.165, 1.54) is 11.8 Å². The molecule has 4 aromatic carbocycles. The molecule has 3 aliphatic heterocycles. The van der Waals surface area contributed by atoms with Gasteiger partial charge in [0.05, 0.1) is 25.3 Å². The lowest BCUT2D eigenvalue weighted by Gasteiger charge is -2.46. The summed E-state index contributed by atoms with van der Waals surface area (Å²) in [6, 6.07) is 37.2. The second kappa shape index (κ2) is 17.6. The van der Waals surface area contributed by atoms with Crippen LogP contribution >= 0.6 is 11.8 Å². The van der Waals surface area contributed by atoms with Gasteiger partial charge in [-0.1, -0.05) is 116 Å². The van der Waals surface area contributed by atoms with E-state index in [-0.39, 0.29) is 11.9 Å². The van der Waals surface area contributed by atoms with Crippen LogP contribution in [0.4, 0.5) is 0 Å². The standard InChI is InChI=1S/C45H54N2O7S/c1-6-16-30-27-36(47(3)28-30)42(49)46-37(39-41-40(38(48)44(53-39)55-5)51-43(52-41)31-23-25-35(50-4)26-24-31)29(2)54-45(32-17-10-7-11-18-32,33-19-12-8-13-20-33)34-21-14-9-15-22-34/h7-15,17-26,29-30,36-41,43-44,48H,6,16,27-28H2,1-5H3,(H,46,49)/t29-,30+,36-,37+,38+,39-,40-,41-,43-,44+/m0/s1. The topological polar surface area (TPSA) is 98.7 Å². The summed E-state index contributed by atoms with van der Waals surface area (Å²) in [5.74, 6) is 1.08. The molecule has 3 aliphatic rings. The fraction of sp³-hybridized carbons (Fsp3) is 0.444. The molecule has 3 heterocycles. The number of rotatable bonds is 14. The highest BCUT2D eigenvalue weighted by molar-refractivity contribution is 7.99. The smallest absolute Gasteiger partial charge is 0.237 e. The number of hydrogen-bond donors (Lipinski definition) is 2. The molecule has 7 rings (SSSR count). The molecule has 292 valence electrons. The summed E-state index contributed by atoms with van der Waals surface area (Å²) < 4.78 is 33.0.